The molecule has 0 saturated carbocycles. The fourth-order valence-electron chi connectivity index (χ4n) is 2.54. The Morgan fingerprint density at radius 1 is 0.933 bits per heavy atom. The molecule has 0 spiro atoms. The Hall–Kier alpha value is -2.87. The maximum absolute atomic E-state index is 12.5. The first-order valence-corrected chi connectivity index (χ1v) is 11.0. The molecule has 0 radical (unpaired) electrons. The van der Waals surface area contributed by atoms with E-state index in [0.29, 0.717) is 22.0 Å². The highest BCUT2D eigenvalue weighted by Gasteiger charge is 2.13. The number of amides is 1. The monoisotopic (exact) mass is 461 g/mol. The minimum Gasteiger partial charge on any atom is -0.322 e. The van der Waals surface area contributed by atoms with E-state index in [2.05, 4.69) is 15.2 Å². The van der Waals surface area contributed by atoms with Crippen molar-refractivity contribution >= 4 is 50.5 Å². The second-order valence-electron chi connectivity index (χ2n) is 6.26. The van der Waals surface area contributed by atoms with Crippen LogP contribution in [0, 0.1) is 0 Å². The van der Waals surface area contributed by atoms with E-state index in [9.17, 15) is 13.2 Å². The molecule has 9 heteroatoms. The minimum absolute atomic E-state index is 0.113. The molecule has 0 bridgehead atoms. The third-order valence-corrected chi connectivity index (χ3v) is 5.87. The summed E-state index contributed by atoms with van der Waals surface area (Å²) in [6.07, 6.45) is 0. The van der Waals surface area contributed by atoms with Crippen LogP contribution in [0.3, 0.4) is 0 Å². The molecule has 0 aliphatic carbocycles. The lowest BCUT2D eigenvalue weighted by molar-refractivity contribution is 0.102. The quantitative estimate of drug-likeness (QED) is 0.402. The summed E-state index contributed by atoms with van der Waals surface area (Å²) in [7, 11) is -3.77. The zero-order valence-electron chi connectivity index (χ0n) is 15.8. The summed E-state index contributed by atoms with van der Waals surface area (Å²) in [5.41, 5.74) is 1.84. The van der Waals surface area contributed by atoms with Gasteiger partial charge in [-0.1, -0.05) is 53.5 Å². The molecule has 1 amide bonds. The zero-order chi connectivity index (χ0) is 21.7. The van der Waals surface area contributed by atoms with Gasteiger partial charge in [-0.3, -0.25) is 4.79 Å². The molecule has 0 saturated heterocycles. The molecule has 0 aromatic heterocycles. The number of nitrogens with zero attached hydrogens (tertiary/aromatic N) is 1. The van der Waals surface area contributed by atoms with Crippen LogP contribution in [-0.4, -0.2) is 20.0 Å². The summed E-state index contributed by atoms with van der Waals surface area (Å²) in [4.78, 5) is 14.8. The van der Waals surface area contributed by atoms with Crippen molar-refractivity contribution in [1.29, 1.82) is 0 Å². The average Bonchev–Trinajstić information content (AvgIpc) is 2.73. The summed E-state index contributed by atoms with van der Waals surface area (Å²) in [5, 5.41) is 7.40. The van der Waals surface area contributed by atoms with Gasteiger partial charge < -0.3 is 5.32 Å². The molecule has 0 aliphatic rings. The molecule has 6 nitrogen and oxygen atoms in total. The Labute approximate surface area is 184 Å². The third-order valence-electron chi connectivity index (χ3n) is 4.10. The summed E-state index contributed by atoms with van der Waals surface area (Å²) < 4.78 is 24.6. The van der Waals surface area contributed by atoms with Crippen molar-refractivity contribution in [2.45, 2.75) is 11.8 Å². The Morgan fingerprint density at radius 3 is 2.37 bits per heavy atom. The molecule has 30 heavy (non-hydrogen) atoms. The number of halogens is 2. The number of rotatable bonds is 6. The number of hydrogen-bond donors (Lipinski definition) is 2. The Balaban J connectivity index is 1.76. The second-order valence-corrected chi connectivity index (χ2v) is 8.77. The molecule has 0 unspecified atom stereocenters. The summed E-state index contributed by atoms with van der Waals surface area (Å²) in [5.74, 6) is -0.395. The molecule has 3 aromatic carbocycles. The summed E-state index contributed by atoms with van der Waals surface area (Å²) in [6.45, 7) is 1.66. The van der Waals surface area contributed by atoms with Crippen molar-refractivity contribution in [1.82, 2.24) is 4.83 Å². The molecule has 3 aromatic rings. The van der Waals surface area contributed by atoms with E-state index in [1.165, 1.54) is 24.3 Å². The van der Waals surface area contributed by atoms with Crippen LogP contribution in [0.25, 0.3) is 0 Å². The van der Waals surface area contributed by atoms with E-state index in [4.69, 9.17) is 23.2 Å². The van der Waals surface area contributed by atoms with Gasteiger partial charge in [0.15, 0.2) is 0 Å². The Bertz CT molecular complexity index is 1210. The lowest BCUT2D eigenvalue weighted by Crippen LogP contribution is -2.20. The molecule has 2 N–H and O–H groups in total. The van der Waals surface area contributed by atoms with Crippen molar-refractivity contribution in [3.8, 4) is 0 Å². The smallest absolute Gasteiger partial charge is 0.276 e. The number of hydrogen-bond acceptors (Lipinski definition) is 4. The molecular weight excluding hydrogens is 445 g/mol. The second kappa shape index (κ2) is 9.30. The van der Waals surface area contributed by atoms with Crippen LogP contribution >= 0.6 is 23.2 Å². The SMILES string of the molecule is C/C(=N/NS(=O)(=O)c1ccccc1)c1cccc(NC(=O)c2ccc(Cl)cc2Cl)c1. The number of carbonyl (C=O) groups is 1. The van der Waals surface area contributed by atoms with Gasteiger partial charge in [-0.2, -0.15) is 18.4 Å². The van der Waals surface area contributed by atoms with Crippen molar-refractivity contribution in [3.63, 3.8) is 0 Å². The highest BCUT2D eigenvalue weighted by molar-refractivity contribution is 7.89. The topological polar surface area (TPSA) is 87.6 Å². The van der Waals surface area contributed by atoms with Gasteiger partial charge in [0.2, 0.25) is 0 Å². The standard InChI is InChI=1S/C21H17Cl2N3O3S/c1-14(25-26-30(28,29)18-8-3-2-4-9-18)15-6-5-7-17(12-15)24-21(27)19-11-10-16(22)13-20(19)23/h2-13,26H,1H3,(H,24,27)/b25-14-. The van der Waals surface area contributed by atoms with Crippen LogP contribution in [0.15, 0.2) is 82.8 Å². The van der Waals surface area contributed by atoms with E-state index in [1.807, 2.05) is 0 Å². The summed E-state index contributed by atoms with van der Waals surface area (Å²) in [6, 6.07) is 19.4. The van der Waals surface area contributed by atoms with Crippen LogP contribution in [0.2, 0.25) is 10.0 Å². The molecule has 154 valence electrons. The van der Waals surface area contributed by atoms with Gasteiger partial charge in [-0.15, -0.1) is 0 Å². The van der Waals surface area contributed by atoms with Crippen LogP contribution in [0.5, 0.6) is 0 Å². The first-order valence-electron chi connectivity index (χ1n) is 8.74. The zero-order valence-corrected chi connectivity index (χ0v) is 18.1. The van der Waals surface area contributed by atoms with Gasteiger partial charge in [-0.05, 0) is 55.0 Å². The molecule has 0 heterocycles. The van der Waals surface area contributed by atoms with Crippen molar-refractivity contribution in [2.24, 2.45) is 5.10 Å². The van der Waals surface area contributed by atoms with Crippen molar-refractivity contribution < 1.29 is 13.2 Å². The van der Waals surface area contributed by atoms with Gasteiger partial charge >= 0.3 is 0 Å². The fourth-order valence-corrected chi connectivity index (χ4v) is 3.91. The predicted molar refractivity (Wildman–Crippen MR) is 120 cm³/mol. The largest absolute Gasteiger partial charge is 0.322 e. The van der Waals surface area contributed by atoms with E-state index >= 15 is 0 Å². The van der Waals surface area contributed by atoms with Crippen molar-refractivity contribution in [2.75, 3.05) is 5.32 Å². The van der Waals surface area contributed by atoms with Crippen LogP contribution < -0.4 is 10.1 Å². The molecule has 0 aliphatic heterocycles. The van der Waals surface area contributed by atoms with Gasteiger partial charge in [0.25, 0.3) is 15.9 Å². The lowest BCUT2D eigenvalue weighted by atomic mass is 10.1. The number of sulfonamides is 1. The van der Waals surface area contributed by atoms with Gasteiger partial charge in [0.1, 0.15) is 0 Å². The number of nitrogens with one attached hydrogen (secondary N) is 2. The van der Waals surface area contributed by atoms with E-state index in [-0.39, 0.29) is 15.5 Å². The third kappa shape index (κ3) is 5.38. The van der Waals surface area contributed by atoms with E-state index < -0.39 is 15.9 Å². The van der Waals surface area contributed by atoms with E-state index in [0.717, 1.165) is 0 Å². The maximum atomic E-state index is 12.5. The van der Waals surface area contributed by atoms with Gasteiger partial charge in [-0.25, -0.2) is 0 Å². The Morgan fingerprint density at radius 2 is 1.67 bits per heavy atom. The minimum atomic E-state index is -3.77. The number of hydrazone groups is 1. The number of carbonyl (C=O) groups excluding carboxylic acids is 1. The van der Waals surface area contributed by atoms with Crippen molar-refractivity contribution in [3.05, 3.63) is 94.0 Å². The summed E-state index contributed by atoms with van der Waals surface area (Å²) >= 11 is 11.9. The molecule has 0 fully saturated rings. The highest BCUT2D eigenvalue weighted by Crippen LogP contribution is 2.22. The predicted octanol–water partition coefficient (Wildman–Crippen LogP) is 4.95. The highest BCUT2D eigenvalue weighted by atomic mass is 35.5. The number of benzene rings is 3. The Kier molecular flexibility index (Phi) is 6.77. The van der Waals surface area contributed by atoms with Gasteiger partial charge in [0, 0.05) is 10.7 Å². The first kappa shape index (κ1) is 21.8. The van der Waals surface area contributed by atoms with Gasteiger partial charge in [0.05, 0.1) is 21.2 Å². The lowest BCUT2D eigenvalue weighted by Gasteiger charge is -2.09. The molecular formula is C21H17Cl2N3O3S. The molecule has 0 atom stereocenters. The van der Waals surface area contributed by atoms with Crippen LogP contribution in [-0.2, 0) is 10.0 Å². The number of anilines is 1. The first-order chi connectivity index (χ1) is 14.3. The molecule has 3 rings (SSSR count). The van der Waals surface area contributed by atoms with Crippen LogP contribution in [0.4, 0.5) is 5.69 Å². The average molecular weight is 462 g/mol. The van der Waals surface area contributed by atoms with Crippen LogP contribution in [0.1, 0.15) is 22.8 Å². The van der Waals surface area contributed by atoms with E-state index in [1.54, 1.807) is 55.5 Å². The fraction of sp³-hybridized carbons (Fsp3) is 0.0476. The maximum Gasteiger partial charge on any atom is 0.276 e. The normalized spacial score (nSPS) is 11.8.